The number of rotatable bonds is 3. The summed E-state index contributed by atoms with van der Waals surface area (Å²) < 4.78 is 5.51. The van der Waals surface area contributed by atoms with E-state index in [9.17, 15) is 9.59 Å². The van der Waals surface area contributed by atoms with E-state index in [1.54, 1.807) is 10.3 Å². The van der Waals surface area contributed by atoms with E-state index >= 15 is 0 Å². The predicted molar refractivity (Wildman–Crippen MR) is 102 cm³/mol. The quantitative estimate of drug-likeness (QED) is 0.729. The first kappa shape index (κ1) is 18.6. The number of benzene rings is 1. The van der Waals surface area contributed by atoms with Crippen LogP contribution in [-0.4, -0.2) is 33.9 Å². The Balaban J connectivity index is 1.77. The van der Waals surface area contributed by atoms with Gasteiger partial charge in [0.15, 0.2) is 0 Å². The summed E-state index contributed by atoms with van der Waals surface area (Å²) >= 11 is 1.43. The topological polar surface area (TPSA) is 59.5 Å². The molecule has 0 unspecified atom stereocenters. The van der Waals surface area contributed by atoms with Crippen molar-refractivity contribution in [3.63, 3.8) is 0 Å². The summed E-state index contributed by atoms with van der Waals surface area (Å²) in [4.78, 5) is 31.3. The van der Waals surface area contributed by atoms with Gasteiger partial charge in [0.05, 0.1) is 6.04 Å². The number of aryl methyl sites for hydroxylation is 1. The van der Waals surface area contributed by atoms with Crippen LogP contribution in [0.1, 0.15) is 66.3 Å². The summed E-state index contributed by atoms with van der Waals surface area (Å²) in [6.07, 6.45) is 1.43. The van der Waals surface area contributed by atoms with Gasteiger partial charge >= 0.3 is 6.09 Å². The minimum atomic E-state index is -0.528. The summed E-state index contributed by atoms with van der Waals surface area (Å²) in [5.41, 5.74) is 1.65. The van der Waals surface area contributed by atoms with Gasteiger partial charge in [0.2, 0.25) is 5.78 Å². The molecule has 1 aromatic heterocycles. The molecule has 0 bridgehead atoms. The molecule has 1 saturated heterocycles. The highest BCUT2D eigenvalue weighted by atomic mass is 32.1. The molecule has 5 nitrogen and oxygen atoms in total. The van der Waals surface area contributed by atoms with E-state index in [1.807, 2.05) is 52.0 Å². The second-order valence-electron chi connectivity index (χ2n) is 7.60. The van der Waals surface area contributed by atoms with Crippen LogP contribution in [0.5, 0.6) is 0 Å². The van der Waals surface area contributed by atoms with Gasteiger partial charge in [-0.2, -0.15) is 0 Å². The first-order valence-corrected chi connectivity index (χ1v) is 9.69. The molecule has 1 aliphatic heterocycles. The van der Waals surface area contributed by atoms with E-state index < -0.39 is 5.60 Å². The lowest BCUT2D eigenvalue weighted by Crippen LogP contribution is -2.36. The van der Waals surface area contributed by atoms with E-state index in [1.165, 1.54) is 11.3 Å². The number of carbonyl (C=O) groups is 2. The van der Waals surface area contributed by atoms with Crippen molar-refractivity contribution in [2.24, 2.45) is 0 Å². The Labute approximate surface area is 158 Å². The average Bonchev–Trinajstić information content (AvgIpc) is 3.22. The average molecular weight is 372 g/mol. The van der Waals surface area contributed by atoms with Crippen molar-refractivity contribution in [2.75, 3.05) is 6.54 Å². The number of ether oxygens (including phenoxy) is 1. The largest absolute Gasteiger partial charge is 0.444 e. The Morgan fingerprint density at radius 3 is 2.58 bits per heavy atom. The molecule has 1 amide bonds. The first-order valence-electron chi connectivity index (χ1n) is 8.81. The Hall–Kier alpha value is -2.21. The van der Waals surface area contributed by atoms with E-state index in [-0.39, 0.29) is 17.9 Å². The van der Waals surface area contributed by atoms with Gasteiger partial charge in [-0.15, -0.1) is 11.3 Å². The molecule has 1 aliphatic rings. The molecule has 2 aromatic rings. The van der Waals surface area contributed by atoms with Gasteiger partial charge in [0.1, 0.15) is 16.3 Å². The molecule has 0 radical (unpaired) electrons. The van der Waals surface area contributed by atoms with Crippen molar-refractivity contribution in [3.8, 4) is 0 Å². The molecule has 0 N–H and O–H groups in total. The maximum absolute atomic E-state index is 12.6. The number of carbonyl (C=O) groups excluding carboxylic acids is 2. The van der Waals surface area contributed by atoms with Gasteiger partial charge in [-0.3, -0.25) is 9.69 Å². The summed E-state index contributed by atoms with van der Waals surface area (Å²) in [7, 11) is 0. The van der Waals surface area contributed by atoms with Gasteiger partial charge in [-0.25, -0.2) is 9.78 Å². The second-order valence-corrected chi connectivity index (χ2v) is 8.49. The molecule has 26 heavy (non-hydrogen) atoms. The lowest BCUT2D eigenvalue weighted by Gasteiger charge is -2.27. The summed E-state index contributed by atoms with van der Waals surface area (Å²) in [5, 5.41) is 2.58. The highest BCUT2D eigenvalue weighted by Gasteiger charge is 2.35. The van der Waals surface area contributed by atoms with Crippen molar-refractivity contribution in [2.45, 2.75) is 52.2 Å². The van der Waals surface area contributed by atoms with Crippen LogP contribution in [-0.2, 0) is 4.74 Å². The molecular weight excluding hydrogens is 348 g/mol. The molecule has 2 heterocycles. The number of aromatic nitrogens is 1. The number of likely N-dealkylation sites (tertiary alicyclic amines) is 1. The van der Waals surface area contributed by atoms with Crippen LogP contribution in [0.25, 0.3) is 0 Å². The molecule has 1 atom stereocenters. The zero-order chi connectivity index (χ0) is 18.9. The maximum atomic E-state index is 12.6. The molecule has 0 spiro atoms. The van der Waals surface area contributed by atoms with E-state index in [4.69, 9.17) is 4.74 Å². The smallest absolute Gasteiger partial charge is 0.410 e. The number of amides is 1. The first-order chi connectivity index (χ1) is 12.2. The van der Waals surface area contributed by atoms with Crippen LogP contribution >= 0.6 is 11.3 Å². The van der Waals surface area contributed by atoms with Gasteiger partial charge in [0, 0.05) is 17.5 Å². The molecular formula is C20H24N2O3S. The van der Waals surface area contributed by atoms with Crippen molar-refractivity contribution >= 4 is 23.2 Å². The Kier molecular flexibility index (Phi) is 5.14. The number of hydrogen-bond donors (Lipinski definition) is 0. The molecule has 0 saturated carbocycles. The van der Waals surface area contributed by atoms with Gasteiger partial charge in [-0.1, -0.05) is 29.8 Å². The molecule has 138 valence electrons. The Morgan fingerprint density at radius 2 is 1.92 bits per heavy atom. The van der Waals surface area contributed by atoms with Gasteiger partial charge in [0.25, 0.3) is 0 Å². The monoisotopic (exact) mass is 372 g/mol. The lowest BCUT2D eigenvalue weighted by molar-refractivity contribution is 0.0224. The Morgan fingerprint density at radius 1 is 1.23 bits per heavy atom. The third-order valence-corrected chi connectivity index (χ3v) is 5.18. The third-order valence-electron chi connectivity index (χ3n) is 4.23. The summed E-state index contributed by atoms with van der Waals surface area (Å²) in [6.45, 7) is 8.22. The van der Waals surface area contributed by atoms with Gasteiger partial charge < -0.3 is 4.74 Å². The number of ketones is 1. The lowest BCUT2D eigenvalue weighted by atomic mass is 10.1. The molecule has 6 heteroatoms. The van der Waals surface area contributed by atoms with E-state index in [2.05, 4.69) is 4.98 Å². The molecule has 1 fully saturated rings. The number of nitrogens with zero attached hydrogens (tertiary/aromatic N) is 2. The van der Waals surface area contributed by atoms with E-state index in [0.717, 1.165) is 23.4 Å². The van der Waals surface area contributed by atoms with Crippen LogP contribution in [0.2, 0.25) is 0 Å². The van der Waals surface area contributed by atoms with Crippen LogP contribution in [0.3, 0.4) is 0 Å². The van der Waals surface area contributed by atoms with Gasteiger partial charge in [-0.05, 0) is 40.5 Å². The van der Waals surface area contributed by atoms with Crippen LogP contribution < -0.4 is 0 Å². The highest BCUT2D eigenvalue weighted by Crippen LogP contribution is 2.35. The fourth-order valence-corrected chi connectivity index (χ4v) is 3.91. The van der Waals surface area contributed by atoms with E-state index in [0.29, 0.717) is 17.8 Å². The minimum Gasteiger partial charge on any atom is -0.444 e. The molecule has 3 rings (SSSR count). The summed E-state index contributed by atoms with van der Waals surface area (Å²) in [5.74, 6) is -0.0886. The minimum absolute atomic E-state index is 0.0886. The zero-order valence-electron chi connectivity index (χ0n) is 15.6. The Bertz CT molecular complexity index is 805. The van der Waals surface area contributed by atoms with Crippen molar-refractivity contribution in [1.29, 1.82) is 0 Å². The molecule has 1 aromatic carbocycles. The van der Waals surface area contributed by atoms with Crippen LogP contribution in [0, 0.1) is 6.92 Å². The number of hydrogen-bond acceptors (Lipinski definition) is 5. The van der Waals surface area contributed by atoms with Crippen molar-refractivity contribution in [3.05, 3.63) is 51.5 Å². The highest BCUT2D eigenvalue weighted by molar-refractivity contribution is 7.10. The third kappa shape index (κ3) is 4.12. The van der Waals surface area contributed by atoms with Crippen LogP contribution in [0.15, 0.2) is 29.6 Å². The normalized spacial score (nSPS) is 17.4. The number of thiazole rings is 1. The fraction of sp³-hybridized carbons (Fsp3) is 0.450. The maximum Gasteiger partial charge on any atom is 0.410 e. The fourth-order valence-electron chi connectivity index (χ4n) is 2.96. The standard InChI is InChI=1S/C20H24N2O3S/c1-13-7-9-14(10-8-13)17(23)15-12-26-18(21-15)16-6-5-11-22(16)19(24)25-20(2,3)4/h7-10,12,16H,5-6,11H2,1-4H3/t16-/m0/s1. The van der Waals surface area contributed by atoms with Crippen LogP contribution in [0.4, 0.5) is 4.79 Å². The van der Waals surface area contributed by atoms with Crippen molar-refractivity contribution in [1.82, 2.24) is 9.88 Å². The second kappa shape index (κ2) is 7.19. The molecule has 0 aliphatic carbocycles. The zero-order valence-corrected chi connectivity index (χ0v) is 16.4. The van der Waals surface area contributed by atoms with Crippen molar-refractivity contribution < 1.29 is 14.3 Å². The predicted octanol–water partition coefficient (Wildman–Crippen LogP) is 4.75. The SMILES string of the molecule is Cc1ccc(C(=O)c2csc([C@@H]3CCCN3C(=O)OC(C)(C)C)n2)cc1. The summed E-state index contributed by atoms with van der Waals surface area (Å²) in [6, 6.07) is 7.36.